The van der Waals surface area contributed by atoms with E-state index in [0.29, 0.717) is 6.54 Å². The van der Waals surface area contributed by atoms with Crippen molar-refractivity contribution in [2.24, 2.45) is 5.92 Å². The summed E-state index contributed by atoms with van der Waals surface area (Å²) in [6, 6.07) is 4.40. The quantitative estimate of drug-likeness (QED) is 0.812. The Morgan fingerprint density at radius 1 is 1.53 bits per heavy atom. The first-order chi connectivity index (χ1) is 7.00. The number of aryl methyl sites for hydroxylation is 1. The maximum absolute atomic E-state index is 10.6. The van der Waals surface area contributed by atoms with Crippen LogP contribution in [0.15, 0.2) is 12.1 Å². The molecular weight excluding hydrogens is 210 g/mol. The minimum atomic E-state index is -0.753. The molecule has 0 spiro atoms. The first kappa shape index (κ1) is 12.2. The van der Waals surface area contributed by atoms with E-state index < -0.39 is 5.97 Å². The number of aliphatic carboxylic acids is 1. The molecule has 1 heterocycles. The minimum Gasteiger partial charge on any atom is -0.481 e. The molecule has 1 aromatic heterocycles. The molecule has 0 bridgehead atoms. The lowest BCUT2D eigenvalue weighted by Gasteiger charge is -2.14. The van der Waals surface area contributed by atoms with Crippen molar-refractivity contribution >= 4 is 17.3 Å². The summed E-state index contributed by atoms with van der Waals surface area (Å²) in [6.07, 6.45) is 0. The number of carbonyl (C=O) groups is 1. The van der Waals surface area contributed by atoms with Gasteiger partial charge in [0.15, 0.2) is 0 Å². The van der Waals surface area contributed by atoms with Gasteiger partial charge >= 0.3 is 5.97 Å². The number of hydrogen-bond donors (Lipinski definition) is 2. The molecule has 0 radical (unpaired) electrons. The fraction of sp³-hybridized carbons (Fsp3) is 0.545. The van der Waals surface area contributed by atoms with Gasteiger partial charge in [-0.15, -0.1) is 11.3 Å². The number of nitrogens with one attached hydrogen (secondary N) is 1. The number of hydrogen-bond acceptors (Lipinski definition) is 3. The second-order valence-electron chi connectivity index (χ2n) is 3.82. The van der Waals surface area contributed by atoms with E-state index in [2.05, 4.69) is 31.3 Å². The van der Waals surface area contributed by atoms with Crippen molar-refractivity contribution in [3.8, 4) is 0 Å². The van der Waals surface area contributed by atoms with Crippen LogP contribution in [0.1, 0.15) is 29.6 Å². The number of carboxylic acids is 1. The third kappa shape index (κ3) is 3.64. The zero-order valence-corrected chi connectivity index (χ0v) is 10.1. The van der Waals surface area contributed by atoms with Gasteiger partial charge in [-0.25, -0.2) is 0 Å². The second-order valence-corrected chi connectivity index (χ2v) is 5.14. The Kier molecular flexibility index (Phi) is 4.29. The molecule has 2 unspecified atom stereocenters. The molecule has 0 aliphatic rings. The molecule has 2 atom stereocenters. The van der Waals surface area contributed by atoms with Crippen LogP contribution in [-0.2, 0) is 4.79 Å². The Labute approximate surface area is 94.1 Å². The number of thiophene rings is 1. The Bertz CT molecular complexity index is 335. The lowest BCUT2D eigenvalue weighted by molar-refractivity contribution is -0.140. The van der Waals surface area contributed by atoms with E-state index in [9.17, 15) is 4.79 Å². The third-order valence-corrected chi connectivity index (χ3v) is 3.52. The predicted octanol–water partition coefficient (Wildman–Crippen LogP) is 2.43. The highest BCUT2D eigenvalue weighted by Crippen LogP contribution is 2.22. The topological polar surface area (TPSA) is 49.3 Å². The lowest BCUT2D eigenvalue weighted by Crippen LogP contribution is -2.28. The summed E-state index contributed by atoms with van der Waals surface area (Å²) < 4.78 is 0. The zero-order valence-electron chi connectivity index (χ0n) is 9.28. The van der Waals surface area contributed by atoms with Crippen molar-refractivity contribution in [3.05, 3.63) is 21.9 Å². The van der Waals surface area contributed by atoms with Gasteiger partial charge in [-0.2, -0.15) is 0 Å². The van der Waals surface area contributed by atoms with Crippen molar-refractivity contribution in [1.82, 2.24) is 5.32 Å². The van der Waals surface area contributed by atoms with Gasteiger partial charge in [0.2, 0.25) is 0 Å². The van der Waals surface area contributed by atoms with Gasteiger partial charge in [0, 0.05) is 22.3 Å². The van der Waals surface area contributed by atoms with Crippen LogP contribution in [-0.4, -0.2) is 17.6 Å². The Morgan fingerprint density at radius 2 is 2.20 bits per heavy atom. The van der Waals surface area contributed by atoms with Gasteiger partial charge in [0.1, 0.15) is 0 Å². The fourth-order valence-electron chi connectivity index (χ4n) is 1.23. The molecule has 4 heteroatoms. The maximum Gasteiger partial charge on any atom is 0.307 e. The highest BCUT2D eigenvalue weighted by atomic mass is 32.1. The summed E-state index contributed by atoms with van der Waals surface area (Å²) >= 11 is 1.75. The van der Waals surface area contributed by atoms with Gasteiger partial charge in [0.25, 0.3) is 0 Å². The molecule has 1 aromatic rings. The average Bonchev–Trinajstić information content (AvgIpc) is 2.60. The molecule has 15 heavy (non-hydrogen) atoms. The van der Waals surface area contributed by atoms with Crippen molar-refractivity contribution in [2.75, 3.05) is 6.54 Å². The zero-order chi connectivity index (χ0) is 11.4. The molecular formula is C11H17NO2S. The van der Waals surface area contributed by atoms with Crippen LogP contribution in [0.2, 0.25) is 0 Å². The molecule has 0 aliphatic heterocycles. The maximum atomic E-state index is 10.6. The molecule has 0 aromatic carbocycles. The van der Waals surface area contributed by atoms with E-state index >= 15 is 0 Å². The summed E-state index contributed by atoms with van der Waals surface area (Å²) in [7, 11) is 0. The van der Waals surface area contributed by atoms with Crippen LogP contribution in [0.4, 0.5) is 0 Å². The molecule has 0 amide bonds. The van der Waals surface area contributed by atoms with E-state index in [1.807, 2.05) is 0 Å². The van der Waals surface area contributed by atoms with Crippen molar-refractivity contribution in [2.45, 2.75) is 26.8 Å². The summed E-state index contributed by atoms with van der Waals surface area (Å²) in [5.41, 5.74) is 0. The smallest absolute Gasteiger partial charge is 0.307 e. The van der Waals surface area contributed by atoms with Gasteiger partial charge in [0.05, 0.1) is 5.92 Å². The standard InChI is InChI=1S/C11H17NO2S/c1-7(11(13)14)6-12-9(3)10-5-4-8(2)15-10/h4-5,7,9,12H,6H2,1-3H3,(H,13,14). The van der Waals surface area contributed by atoms with E-state index in [-0.39, 0.29) is 12.0 Å². The van der Waals surface area contributed by atoms with E-state index in [1.165, 1.54) is 9.75 Å². The van der Waals surface area contributed by atoms with Crippen LogP contribution in [0, 0.1) is 12.8 Å². The van der Waals surface area contributed by atoms with Crippen LogP contribution >= 0.6 is 11.3 Å². The van der Waals surface area contributed by atoms with Crippen LogP contribution in [0.5, 0.6) is 0 Å². The van der Waals surface area contributed by atoms with Crippen LogP contribution < -0.4 is 5.32 Å². The Hall–Kier alpha value is -0.870. The average molecular weight is 227 g/mol. The monoisotopic (exact) mass is 227 g/mol. The molecule has 0 fully saturated rings. The first-order valence-electron chi connectivity index (χ1n) is 5.03. The van der Waals surface area contributed by atoms with E-state index in [1.54, 1.807) is 18.3 Å². The lowest BCUT2D eigenvalue weighted by atomic mass is 10.1. The predicted molar refractivity (Wildman–Crippen MR) is 62.3 cm³/mol. The van der Waals surface area contributed by atoms with E-state index in [4.69, 9.17) is 5.11 Å². The molecule has 3 nitrogen and oxygen atoms in total. The van der Waals surface area contributed by atoms with Gasteiger partial charge in [-0.05, 0) is 26.0 Å². The minimum absolute atomic E-state index is 0.227. The highest BCUT2D eigenvalue weighted by Gasteiger charge is 2.13. The summed E-state index contributed by atoms with van der Waals surface area (Å²) in [4.78, 5) is 13.2. The number of carboxylic acid groups (broad SMARTS) is 1. The summed E-state index contributed by atoms with van der Waals surface area (Å²) in [6.45, 7) is 6.34. The number of rotatable bonds is 5. The second kappa shape index (κ2) is 5.28. The van der Waals surface area contributed by atoms with Gasteiger partial charge in [-0.3, -0.25) is 4.79 Å². The summed E-state index contributed by atoms with van der Waals surface area (Å²) in [5, 5.41) is 12.0. The summed E-state index contributed by atoms with van der Waals surface area (Å²) in [5.74, 6) is -1.09. The fourth-order valence-corrected chi connectivity index (χ4v) is 2.13. The Balaban J connectivity index is 2.43. The third-order valence-electron chi connectivity index (χ3n) is 2.34. The first-order valence-corrected chi connectivity index (χ1v) is 5.85. The van der Waals surface area contributed by atoms with Crippen LogP contribution in [0.25, 0.3) is 0 Å². The molecule has 0 saturated heterocycles. The molecule has 2 N–H and O–H groups in total. The molecule has 84 valence electrons. The van der Waals surface area contributed by atoms with E-state index in [0.717, 1.165) is 0 Å². The highest BCUT2D eigenvalue weighted by molar-refractivity contribution is 7.12. The van der Waals surface area contributed by atoms with Crippen molar-refractivity contribution in [3.63, 3.8) is 0 Å². The Morgan fingerprint density at radius 3 is 2.67 bits per heavy atom. The molecule has 0 saturated carbocycles. The van der Waals surface area contributed by atoms with Crippen molar-refractivity contribution in [1.29, 1.82) is 0 Å². The normalized spacial score (nSPS) is 14.9. The molecule has 0 aliphatic carbocycles. The van der Waals surface area contributed by atoms with Crippen molar-refractivity contribution < 1.29 is 9.90 Å². The van der Waals surface area contributed by atoms with Gasteiger partial charge in [-0.1, -0.05) is 6.92 Å². The SMILES string of the molecule is Cc1ccc(C(C)NCC(C)C(=O)O)s1. The van der Waals surface area contributed by atoms with Crippen LogP contribution in [0.3, 0.4) is 0 Å². The van der Waals surface area contributed by atoms with Gasteiger partial charge < -0.3 is 10.4 Å². The molecule has 1 rings (SSSR count). The largest absolute Gasteiger partial charge is 0.481 e.